The summed E-state index contributed by atoms with van der Waals surface area (Å²) in [5.41, 5.74) is 3.03. The van der Waals surface area contributed by atoms with Crippen LogP contribution in [0.4, 0.5) is 0 Å². The summed E-state index contributed by atoms with van der Waals surface area (Å²) in [6, 6.07) is 3.40. The number of dihydropyridines is 1. The molecule has 0 unspecified atom stereocenters. The van der Waals surface area contributed by atoms with Crippen LogP contribution in [0.1, 0.15) is 58.4 Å². The molecule has 1 atom stereocenters. The van der Waals surface area contributed by atoms with Crippen LogP contribution in [-0.2, 0) is 14.3 Å². The van der Waals surface area contributed by atoms with Crippen molar-refractivity contribution in [2.75, 3.05) is 13.7 Å². The molecule has 1 aliphatic heterocycles. The average Bonchev–Trinajstić information content (AvgIpc) is 2.66. The Balaban J connectivity index is 2.21. The number of aromatic hydroxyl groups is 1. The quantitative estimate of drug-likeness (QED) is 0.596. The number of Topliss-reactive ketones (excluding diaryl/α,β-unsaturated/α-hetero) is 1. The molecule has 0 fully saturated rings. The molecule has 0 bridgehead atoms. The van der Waals surface area contributed by atoms with Gasteiger partial charge in [0, 0.05) is 29.3 Å². The molecule has 1 heterocycles. The van der Waals surface area contributed by atoms with Crippen LogP contribution in [0, 0.1) is 5.41 Å². The fraction of sp³-hybridized carbons (Fsp3) is 0.478. The second-order valence-electron chi connectivity index (χ2n) is 8.62. The molecule has 1 aromatic rings. The second-order valence-corrected chi connectivity index (χ2v) is 9.47. The van der Waals surface area contributed by atoms with Crippen molar-refractivity contribution >= 4 is 27.7 Å². The van der Waals surface area contributed by atoms with Crippen molar-refractivity contribution in [3.05, 3.63) is 44.7 Å². The second kappa shape index (κ2) is 8.46. The molecule has 1 aromatic carbocycles. The van der Waals surface area contributed by atoms with Crippen molar-refractivity contribution in [1.82, 2.24) is 5.32 Å². The van der Waals surface area contributed by atoms with Crippen molar-refractivity contribution in [3.63, 3.8) is 0 Å². The third-order valence-corrected chi connectivity index (χ3v) is 6.11. The molecule has 3 rings (SSSR count). The van der Waals surface area contributed by atoms with Gasteiger partial charge in [-0.2, -0.15) is 0 Å². The van der Waals surface area contributed by atoms with Gasteiger partial charge < -0.3 is 19.9 Å². The molecule has 0 radical (unpaired) electrons. The lowest BCUT2D eigenvalue weighted by Gasteiger charge is -2.39. The first-order valence-corrected chi connectivity index (χ1v) is 10.9. The fourth-order valence-corrected chi connectivity index (χ4v) is 4.69. The maximum absolute atomic E-state index is 13.3. The summed E-state index contributed by atoms with van der Waals surface area (Å²) < 4.78 is 11.2. The number of allylic oxidation sites excluding steroid dienone is 3. The van der Waals surface area contributed by atoms with Gasteiger partial charge >= 0.3 is 5.97 Å². The summed E-state index contributed by atoms with van der Waals surface area (Å²) in [5.74, 6) is -0.798. The predicted molar refractivity (Wildman–Crippen MR) is 117 cm³/mol. The monoisotopic (exact) mass is 477 g/mol. The highest BCUT2D eigenvalue weighted by atomic mass is 79.9. The van der Waals surface area contributed by atoms with Crippen molar-refractivity contribution < 1.29 is 24.2 Å². The van der Waals surface area contributed by atoms with Gasteiger partial charge in [0.15, 0.2) is 17.3 Å². The van der Waals surface area contributed by atoms with Crippen LogP contribution in [0.25, 0.3) is 0 Å². The van der Waals surface area contributed by atoms with Crippen LogP contribution in [0.3, 0.4) is 0 Å². The molecular formula is C23H28BrNO5. The number of benzene rings is 1. The Morgan fingerprint density at radius 2 is 2.03 bits per heavy atom. The van der Waals surface area contributed by atoms with E-state index in [0.717, 1.165) is 5.70 Å². The molecular weight excluding hydrogens is 450 g/mol. The number of carbonyl (C=O) groups is 2. The van der Waals surface area contributed by atoms with E-state index in [1.165, 1.54) is 7.11 Å². The van der Waals surface area contributed by atoms with Crippen LogP contribution < -0.4 is 10.1 Å². The molecule has 0 spiro atoms. The van der Waals surface area contributed by atoms with E-state index in [4.69, 9.17) is 9.47 Å². The Morgan fingerprint density at radius 1 is 1.33 bits per heavy atom. The van der Waals surface area contributed by atoms with E-state index in [1.54, 1.807) is 12.1 Å². The molecule has 162 valence electrons. The maximum atomic E-state index is 13.3. The first-order valence-electron chi connectivity index (χ1n) is 10.1. The van der Waals surface area contributed by atoms with Crippen molar-refractivity contribution in [1.29, 1.82) is 0 Å². The molecule has 0 saturated carbocycles. The third-order valence-electron chi connectivity index (χ3n) is 5.50. The SMILES string of the molecule is CCCOC(=O)C1=C(C)NC2=C(C(=O)CC(C)(C)C2)[C@@H]1c1cc(Br)c(O)c(OC)c1. The summed E-state index contributed by atoms with van der Waals surface area (Å²) in [4.78, 5) is 26.3. The molecule has 1 aliphatic carbocycles. The van der Waals surface area contributed by atoms with E-state index < -0.39 is 11.9 Å². The van der Waals surface area contributed by atoms with Gasteiger partial charge in [-0.05, 0) is 58.8 Å². The Hall–Kier alpha value is -2.28. The van der Waals surface area contributed by atoms with Gasteiger partial charge in [-0.25, -0.2) is 4.79 Å². The number of phenols is 1. The summed E-state index contributed by atoms with van der Waals surface area (Å²) in [7, 11) is 1.46. The van der Waals surface area contributed by atoms with Gasteiger partial charge in [-0.3, -0.25) is 4.79 Å². The van der Waals surface area contributed by atoms with Crippen LogP contribution >= 0.6 is 15.9 Å². The van der Waals surface area contributed by atoms with Crippen molar-refractivity contribution in [3.8, 4) is 11.5 Å². The summed E-state index contributed by atoms with van der Waals surface area (Å²) >= 11 is 3.36. The first-order chi connectivity index (χ1) is 14.1. The minimum atomic E-state index is -0.597. The van der Waals surface area contributed by atoms with E-state index in [0.29, 0.717) is 52.7 Å². The number of halogens is 1. The lowest BCUT2D eigenvalue weighted by molar-refractivity contribution is -0.139. The Morgan fingerprint density at radius 3 is 2.67 bits per heavy atom. The molecule has 6 nitrogen and oxygen atoms in total. The van der Waals surface area contributed by atoms with E-state index in [-0.39, 0.29) is 22.7 Å². The van der Waals surface area contributed by atoms with Crippen LogP contribution in [0.15, 0.2) is 39.1 Å². The normalized spacial score (nSPS) is 20.6. The van der Waals surface area contributed by atoms with Gasteiger partial charge in [0.1, 0.15) is 0 Å². The number of carbonyl (C=O) groups excluding carboxylic acids is 2. The van der Waals surface area contributed by atoms with Gasteiger partial charge in [-0.1, -0.05) is 20.8 Å². The van der Waals surface area contributed by atoms with Gasteiger partial charge in [0.25, 0.3) is 0 Å². The summed E-state index contributed by atoms with van der Waals surface area (Å²) in [6.45, 7) is 8.20. The van der Waals surface area contributed by atoms with Crippen molar-refractivity contribution in [2.45, 2.75) is 52.9 Å². The van der Waals surface area contributed by atoms with E-state index in [2.05, 4.69) is 35.1 Å². The van der Waals surface area contributed by atoms with Crippen molar-refractivity contribution in [2.24, 2.45) is 5.41 Å². The fourth-order valence-electron chi connectivity index (χ4n) is 4.23. The Labute approximate surface area is 185 Å². The Bertz CT molecular complexity index is 961. The lowest BCUT2D eigenvalue weighted by atomic mass is 9.68. The van der Waals surface area contributed by atoms with Crippen LogP contribution in [0.2, 0.25) is 0 Å². The number of hydrogen-bond donors (Lipinski definition) is 2. The van der Waals surface area contributed by atoms with Gasteiger partial charge in [0.05, 0.1) is 23.8 Å². The number of hydrogen-bond acceptors (Lipinski definition) is 6. The number of phenolic OH excluding ortho intramolecular Hbond substituents is 1. The Kier molecular flexibility index (Phi) is 6.32. The average molecular weight is 478 g/mol. The molecule has 2 N–H and O–H groups in total. The number of ketones is 1. The standard InChI is InChI=1S/C23H28BrNO5/c1-6-7-30-22(28)18-12(2)25-15-10-23(3,4)11-16(26)20(15)19(18)13-8-14(24)21(27)17(9-13)29-5/h8-9,19,25,27H,6-7,10-11H2,1-5H3/t19-/m1/s1. The molecule has 7 heteroatoms. The predicted octanol–water partition coefficient (Wildman–Crippen LogP) is 4.72. The number of ether oxygens (including phenoxy) is 2. The first kappa shape index (κ1) is 22.4. The van der Waals surface area contributed by atoms with Gasteiger partial charge in [-0.15, -0.1) is 0 Å². The number of methoxy groups -OCH3 is 1. The third kappa shape index (κ3) is 4.13. The van der Waals surface area contributed by atoms with Crippen LogP contribution in [-0.4, -0.2) is 30.6 Å². The zero-order chi connectivity index (χ0) is 22.2. The molecule has 0 aromatic heterocycles. The molecule has 0 saturated heterocycles. The highest BCUT2D eigenvalue weighted by molar-refractivity contribution is 9.10. The topological polar surface area (TPSA) is 84.9 Å². The minimum absolute atomic E-state index is 0.00945. The molecule has 0 amide bonds. The largest absolute Gasteiger partial charge is 0.503 e. The molecule has 30 heavy (non-hydrogen) atoms. The molecule has 2 aliphatic rings. The minimum Gasteiger partial charge on any atom is -0.503 e. The highest BCUT2D eigenvalue weighted by Gasteiger charge is 2.43. The zero-order valence-corrected chi connectivity index (χ0v) is 19.6. The maximum Gasteiger partial charge on any atom is 0.336 e. The van der Waals surface area contributed by atoms with E-state index >= 15 is 0 Å². The zero-order valence-electron chi connectivity index (χ0n) is 18.0. The number of esters is 1. The summed E-state index contributed by atoms with van der Waals surface area (Å²) in [6.07, 6.45) is 1.81. The number of rotatable bonds is 5. The van der Waals surface area contributed by atoms with Gasteiger partial charge in [0.2, 0.25) is 0 Å². The summed E-state index contributed by atoms with van der Waals surface area (Å²) in [5, 5.41) is 13.6. The van der Waals surface area contributed by atoms with E-state index in [9.17, 15) is 14.7 Å². The van der Waals surface area contributed by atoms with Crippen LogP contribution in [0.5, 0.6) is 11.5 Å². The van der Waals surface area contributed by atoms with E-state index in [1.807, 2.05) is 13.8 Å². The lowest BCUT2D eigenvalue weighted by Crippen LogP contribution is -2.38. The smallest absolute Gasteiger partial charge is 0.336 e. The number of nitrogens with one attached hydrogen (secondary N) is 1. The highest BCUT2D eigenvalue weighted by Crippen LogP contribution is 2.48.